The molecule has 9 heteroatoms. The fourth-order valence-electron chi connectivity index (χ4n) is 1.66. The lowest BCUT2D eigenvalue weighted by Gasteiger charge is -2.32. The van der Waals surface area contributed by atoms with Crippen LogP contribution in [0, 0.1) is 0 Å². The van der Waals surface area contributed by atoms with Gasteiger partial charge in [-0.15, -0.1) is 0 Å². The van der Waals surface area contributed by atoms with Gasteiger partial charge in [0.05, 0.1) is 12.9 Å². The second-order valence-electron chi connectivity index (χ2n) is 4.05. The molecule has 0 saturated carbocycles. The predicted octanol–water partition coefficient (Wildman–Crippen LogP) is 1.98. The Morgan fingerprint density at radius 2 is 1.71 bits per heavy atom. The Kier molecular flexibility index (Phi) is 5.00. The van der Waals surface area contributed by atoms with Gasteiger partial charge in [0.2, 0.25) is 0 Å². The first-order chi connectivity index (χ1) is 9.54. The van der Waals surface area contributed by atoms with Gasteiger partial charge in [-0.2, -0.15) is 21.6 Å². The molecule has 0 fully saturated rings. The Hall–Kier alpha value is -1.61. The fourth-order valence-corrected chi connectivity index (χ4v) is 2.37. The molecule has 0 aliphatic carbocycles. The second kappa shape index (κ2) is 6.02. The van der Waals surface area contributed by atoms with E-state index >= 15 is 0 Å². The van der Waals surface area contributed by atoms with E-state index in [9.17, 15) is 26.4 Å². The number of hydrogen-bond donors (Lipinski definition) is 0. The van der Waals surface area contributed by atoms with E-state index in [0.717, 1.165) is 12.1 Å². The van der Waals surface area contributed by atoms with Gasteiger partial charge in [0.15, 0.2) is 0 Å². The Balaban J connectivity index is 3.61. The van der Waals surface area contributed by atoms with Crippen molar-refractivity contribution in [3.8, 4) is 0 Å². The molecule has 0 heterocycles. The van der Waals surface area contributed by atoms with Crippen LogP contribution in [0.1, 0.15) is 12.5 Å². The van der Waals surface area contributed by atoms with Gasteiger partial charge >= 0.3 is 17.7 Å². The summed E-state index contributed by atoms with van der Waals surface area (Å²) in [7, 11) is -4.60. The molecule has 1 unspecified atom stereocenters. The van der Waals surface area contributed by atoms with Gasteiger partial charge in [-0.25, -0.2) is 8.98 Å². The Bertz CT molecular complexity index is 597. The lowest BCUT2D eigenvalue weighted by molar-refractivity contribution is -0.257. The summed E-state index contributed by atoms with van der Waals surface area (Å²) in [5.74, 6) is -1.84. The van der Waals surface area contributed by atoms with Gasteiger partial charge in [-0.3, -0.25) is 0 Å². The first-order valence-corrected chi connectivity index (χ1v) is 7.56. The normalized spacial score (nSPS) is 15.3. The number of carbonyl (C=O) groups excluding carboxylic acids is 1. The number of rotatable bonds is 5. The van der Waals surface area contributed by atoms with Gasteiger partial charge in [-0.05, 0) is 6.92 Å². The van der Waals surface area contributed by atoms with Crippen LogP contribution in [0.15, 0.2) is 30.3 Å². The molecule has 1 rings (SSSR count). The highest BCUT2D eigenvalue weighted by Gasteiger charge is 2.66. The van der Waals surface area contributed by atoms with Crippen molar-refractivity contribution in [3.05, 3.63) is 35.9 Å². The zero-order valence-corrected chi connectivity index (χ0v) is 12.0. The maximum absolute atomic E-state index is 13.5. The van der Waals surface area contributed by atoms with E-state index in [1.54, 1.807) is 0 Å². The highest BCUT2D eigenvalue weighted by Crippen LogP contribution is 2.44. The third-order valence-electron chi connectivity index (χ3n) is 2.42. The van der Waals surface area contributed by atoms with Crippen molar-refractivity contribution in [2.24, 2.45) is 0 Å². The number of halogens is 3. The van der Waals surface area contributed by atoms with Crippen LogP contribution in [0.4, 0.5) is 13.2 Å². The third-order valence-corrected chi connectivity index (χ3v) is 2.97. The van der Waals surface area contributed by atoms with Crippen LogP contribution in [0.25, 0.3) is 0 Å². The molecule has 1 atom stereocenters. The summed E-state index contributed by atoms with van der Waals surface area (Å²) in [5.41, 5.74) is -4.40. The summed E-state index contributed by atoms with van der Waals surface area (Å²) < 4.78 is 71.5. The summed E-state index contributed by atoms with van der Waals surface area (Å²) >= 11 is 0. The summed E-state index contributed by atoms with van der Waals surface area (Å²) in [6, 6.07) is 5.74. The van der Waals surface area contributed by atoms with E-state index in [2.05, 4.69) is 8.92 Å². The predicted molar refractivity (Wildman–Crippen MR) is 66.7 cm³/mol. The lowest BCUT2D eigenvalue weighted by Crippen LogP contribution is -2.53. The van der Waals surface area contributed by atoms with Crippen LogP contribution in [-0.2, 0) is 29.4 Å². The van der Waals surface area contributed by atoms with Crippen molar-refractivity contribution in [2.45, 2.75) is 18.7 Å². The minimum atomic E-state index is -5.33. The van der Waals surface area contributed by atoms with E-state index in [4.69, 9.17) is 0 Å². The maximum Gasteiger partial charge on any atom is 0.434 e. The van der Waals surface area contributed by atoms with Gasteiger partial charge in [0.25, 0.3) is 10.1 Å². The van der Waals surface area contributed by atoms with E-state index in [-0.39, 0.29) is 6.61 Å². The number of ether oxygens (including phenoxy) is 1. The molecule has 0 saturated heterocycles. The average Bonchev–Trinajstić information content (AvgIpc) is 2.34. The van der Waals surface area contributed by atoms with Crippen LogP contribution in [-0.4, -0.2) is 33.4 Å². The molecule has 1 aromatic carbocycles. The summed E-state index contributed by atoms with van der Waals surface area (Å²) in [5, 5.41) is 0. The van der Waals surface area contributed by atoms with Crippen molar-refractivity contribution in [2.75, 3.05) is 12.9 Å². The van der Waals surface area contributed by atoms with Crippen LogP contribution in [0.2, 0.25) is 0 Å². The van der Waals surface area contributed by atoms with Crippen LogP contribution in [0.3, 0.4) is 0 Å². The van der Waals surface area contributed by atoms with Crippen molar-refractivity contribution < 1.29 is 35.3 Å². The molecule has 0 radical (unpaired) electrons. The quantitative estimate of drug-likeness (QED) is 0.611. The maximum atomic E-state index is 13.5. The van der Waals surface area contributed by atoms with Crippen molar-refractivity contribution >= 4 is 16.1 Å². The van der Waals surface area contributed by atoms with Gasteiger partial charge in [0.1, 0.15) is 0 Å². The number of alkyl halides is 3. The van der Waals surface area contributed by atoms with Crippen LogP contribution < -0.4 is 0 Å². The van der Waals surface area contributed by atoms with E-state index in [1.165, 1.54) is 25.1 Å². The monoisotopic (exact) mass is 326 g/mol. The summed E-state index contributed by atoms with van der Waals surface area (Å²) in [6.45, 7) is 0.932. The Labute approximate surface area is 119 Å². The largest absolute Gasteiger partial charge is 0.463 e. The molecule has 0 bridgehead atoms. The molecule has 0 spiro atoms. The molecule has 0 aliphatic rings. The zero-order chi connectivity index (χ0) is 16.3. The molecule has 0 amide bonds. The molecule has 0 N–H and O–H groups in total. The van der Waals surface area contributed by atoms with Crippen LogP contribution in [0.5, 0.6) is 0 Å². The van der Waals surface area contributed by atoms with Crippen LogP contribution >= 0.6 is 0 Å². The highest BCUT2D eigenvalue weighted by molar-refractivity contribution is 7.86. The zero-order valence-electron chi connectivity index (χ0n) is 11.2. The Morgan fingerprint density at radius 3 is 2.10 bits per heavy atom. The van der Waals surface area contributed by atoms with Crippen molar-refractivity contribution in [1.82, 2.24) is 0 Å². The van der Waals surface area contributed by atoms with Crippen molar-refractivity contribution in [1.29, 1.82) is 0 Å². The van der Waals surface area contributed by atoms with Gasteiger partial charge < -0.3 is 4.74 Å². The van der Waals surface area contributed by atoms with E-state index in [1.807, 2.05) is 0 Å². The van der Waals surface area contributed by atoms with E-state index in [0.29, 0.717) is 6.26 Å². The first kappa shape index (κ1) is 17.4. The number of carbonyl (C=O) groups is 1. The minimum Gasteiger partial charge on any atom is -0.463 e. The first-order valence-electron chi connectivity index (χ1n) is 5.74. The van der Waals surface area contributed by atoms with E-state index < -0.39 is 33.4 Å². The third kappa shape index (κ3) is 3.73. The number of esters is 1. The fraction of sp³-hybridized carbons (Fsp3) is 0.417. The van der Waals surface area contributed by atoms with Gasteiger partial charge in [0, 0.05) is 5.56 Å². The SMILES string of the molecule is CCOC(=O)C(OS(C)(=O)=O)(c1ccccc1)C(F)(F)F. The lowest BCUT2D eigenvalue weighted by atomic mass is 9.93. The topological polar surface area (TPSA) is 69.7 Å². The highest BCUT2D eigenvalue weighted by atomic mass is 32.2. The molecule has 0 aliphatic heterocycles. The average molecular weight is 326 g/mol. The summed E-state index contributed by atoms with van der Waals surface area (Å²) in [6.07, 6.45) is -4.90. The molecule has 21 heavy (non-hydrogen) atoms. The molecule has 0 aromatic heterocycles. The van der Waals surface area contributed by atoms with Gasteiger partial charge in [-0.1, -0.05) is 30.3 Å². The Morgan fingerprint density at radius 1 is 1.19 bits per heavy atom. The summed E-state index contributed by atoms with van der Waals surface area (Å²) in [4.78, 5) is 11.9. The number of hydrogen-bond acceptors (Lipinski definition) is 5. The molecule has 118 valence electrons. The molecule has 5 nitrogen and oxygen atoms in total. The second-order valence-corrected chi connectivity index (χ2v) is 5.63. The smallest absolute Gasteiger partial charge is 0.434 e. The van der Waals surface area contributed by atoms with Crippen molar-refractivity contribution in [3.63, 3.8) is 0 Å². The minimum absolute atomic E-state index is 0.364. The number of benzene rings is 1. The standard InChI is InChI=1S/C12H13F3O5S/c1-3-19-10(16)11(12(13,14)15,20-21(2,17)18)9-7-5-4-6-8-9/h4-8H,3H2,1-2H3. The molecule has 1 aromatic rings. The molecular weight excluding hydrogens is 313 g/mol. The molecular formula is C12H13F3O5S.